The Morgan fingerprint density at radius 2 is 1.67 bits per heavy atom. The van der Waals surface area contributed by atoms with Gasteiger partial charge in [0, 0.05) is 31.9 Å². The lowest BCUT2D eigenvalue weighted by Gasteiger charge is -2.34. The Labute approximate surface area is 124 Å². The molecule has 1 N–H and O–H groups in total. The Morgan fingerprint density at radius 3 is 2.24 bits per heavy atom. The fraction of sp³-hybridized carbons (Fsp3) is 0.467. The van der Waals surface area contributed by atoms with Crippen LogP contribution in [0.25, 0.3) is 5.69 Å². The minimum atomic E-state index is -0.0782. The van der Waals surface area contributed by atoms with Crippen molar-refractivity contribution in [3.05, 3.63) is 35.7 Å². The van der Waals surface area contributed by atoms with Crippen molar-refractivity contribution in [1.29, 1.82) is 0 Å². The fourth-order valence-electron chi connectivity index (χ4n) is 2.62. The number of aliphatic hydroxyl groups excluding tert-OH is 1. The molecule has 21 heavy (non-hydrogen) atoms. The number of benzene rings is 1. The highest BCUT2D eigenvalue weighted by Crippen LogP contribution is 2.19. The molecule has 0 amide bonds. The monoisotopic (exact) mass is 287 g/mol. The first kappa shape index (κ1) is 14.0. The molecule has 0 atom stereocenters. The normalized spacial score (nSPS) is 16.4. The zero-order valence-electron chi connectivity index (χ0n) is 12.5. The molecule has 3 rings (SSSR count). The van der Waals surface area contributed by atoms with E-state index in [1.54, 1.807) is 4.68 Å². The summed E-state index contributed by atoms with van der Waals surface area (Å²) in [5, 5.41) is 17.3. The van der Waals surface area contributed by atoms with Crippen LogP contribution in [0.3, 0.4) is 0 Å². The van der Waals surface area contributed by atoms with Crippen molar-refractivity contribution in [1.82, 2.24) is 19.9 Å². The fourth-order valence-corrected chi connectivity index (χ4v) is 2.62. The van der Waals surface area contributed by atoms with Crippen molar-refractivity contribution in [2.75, 3.05) is 38.1 Å². The number of rotatable bonds is 3. The molecule has 1 aromatic heterocycles. The van der Waals surface area contributed by atoms with E-state index in [0.717, 1.165) is 37.6 Å². The second-order valence-electron chi connectivity index (χ2n) is 5.50. The number of likely N-dealkylation sites (N-methyl/N-ethyl adjacent to an activating group) is 1. The number of anilines is 1. The Bertz CT molecular complexity index is 599. The zero-order chi connectivity index (χ0) is 14.8. The Morgan fingerprint density at radius 1 is 1.05 bits per heavy atom. The number of hydrogen-bond acceptors (Lipinski definition) is 5. The molecule has 1 aromatic carbocycles. The van der Waals surface area contributed by atoms with E-state index in [-0.39, 0.29) is 6.61 Å². The van der Waals surface area contributed by atoms with E-state index in [2.05, 4.69) is 51.4 Å². The molecule has 112 valence electrons. The largest absolute Gasteiger partial charge is 0.390 e. The van der Waals surface area contributed by atoms with Crippen molar-refractivity contribution in [3.8, 4) is 5.69 Å². The lowest BCUT2D eigenvalue weighted by Crippen LogP contribution is -2.44. The highest BCUT2D eigenvalue weighted by atomic mass is 16.3. The number of hydrogen-bond donors (Lipinski definition) is 1. The third-order valence-electron chi connectivity index (χ3n) is 4.10. The van der Waals surface area contributed by atoms with Crippen LogP contribution in [0.15, 0.2) is 24.3 Å². The van der Waals surface area contributed by atoms with E-state index < -0.39 is 0 Å². The lowest BCUT2D eigenvalue weighted by atomic mass is 10.2. The molecule has 6 heteroatoms. The van der Waals surface area contributed by atoms with Gasteiger partial charge in [-0.05, 0) is 38.2 Å². The molecule has 0 spiro atoms. The summed E-state index contributed by atoms with van der Waals surface area (Å²) >= 11 is 0. The molecular weight excluding hydrogens is 266 g/mol. The average molecular weight is 287 g/mol. The van der Waals surface area contributed by atoms with Crippen molar-refractivity contribution in [2.45, 2.75) is 13.5 Å². The summed E-state index contributed by atoms with van der Waals surface area (Å²) in [6, 6.07) is 8.35. The predicted molar refractivity (Wildman–Crippen MR) is 81.7 cm³/mol. The van der Waals surface area contributed by atoms with Gasteiger partial charge in [0.25, 0.3) is 0 Å². The van der Waals surface area contributed by atoms with E-state index >= 15 is 0 Å². The van der Waals surface area contributed by atoms with Gasteiger partial charge in [-0.25, -0.2) is 4.68 Å². The van der Waals surface area contributed by atoms with Crippen LogP contribution in [0, 0.1) is 6.92 Å². The molecule has 1 fully saturated rings. The average Bonchev–Trinajstić information content (AvgIpc) is 2.89. The van der Waals surface area contributed by atoms with E-state index in [1.807, 2.05) is 6.92 Å². The molecular formula is C15H21N5O. The van der Waals surface area contributed by atoms with Crippen molar-refractivity contribution >= 4 is 5.69 Å². The highest BCUT2D eigenvalue weighted by Gasteiger charge is 2.14. The Balaban J connectivity index is 1.79. The van der Waals surface area contributed by atoms with Gasteiger partial charge in [-0.1, -0.05) is 5.21 Å². The van der Waals surface area contributed by atoms with Crippen molar-refractivity contribution in [2.24, 2.45) is 0 Å². The molecule has 6 nitrogen and oxygen atoms in total. The van der Waals surface area contributed by atoms with Gasteiger partial charge < -0.3 is 14.9 Å². The molecule has 2 aromatic rings. The number of nitrogens with zero attached hydrogens (tertiary/aromatic N) is 5. The van der Waals surface area contributed by atoms with Gasteiger partial charge in [-0.2, -0.15) is 0 Å². The van der Waals surface area contributed by atoms with E-state index in [0.29, 0.717) is 5.69 Å². The zero-order valence-corrected chi connectivity index (χ0v) is 12.5. The van der Waals surface area contributed by atoms with Gasteiger partial charge in [-0.15, -0.1) is 5.10 Å². The number of aromatic nitrogens is 3. The molecule has 1 aliphatic rings. The van der Waals surface area contributed by atoms with Gasteiger partial charge in [0.15, 0.2) is 0 Å². The minimum Gasteiger partial charge on any atom is -0.390 e. The summed E-state index contributed by atoms with van der Waals surface area (Å²) in [6.45, 7) is 6.17. The van der Waals surface area contributed by atoms with E-state index in [1.165, 1.54) is 5.69 Å². The lowest BCUT2D eigenvalue weighted by molar-refractivity contribution is 0.276. The number of piperazine rings is 1. The summed E-state index contributed by atoms with van der Waals surface area (Å²) in [4.78, 5) is 4.75. The minimum absolute atomic E-state index is 0.0782. The molecule has 2 heterocycles. The topological polar surface area (TPSA) is 57.4 Å². The van der Waals surface area contributed by atoms with Crippen LogP contribution in [0.2, 0.25) is 0 Å². The standard InChI is InChI=1S/C15H21N5O/c1-12-15(11-21)16-17-20(12)14-5-3-13(4-6-14)19-9-7-18(2)8-10-19/h3-6,21H,7-11H2,1-2H3. The van der Waals surface area contributed by atoms with E-state index in [9.17, 15) is 5.11 Å². The molecule has 0 saturated carbocycles. The van der Waals surface area contributed by atoms with Crippen LogP contribution in [-0.4, -0.2) is 58.2 Å². The predicted octanol–water partition coefficient (Wildman–Crippen LogP) is 0.820. The quantitative estimate of drug-likeness (QED) is 0.906. The van der Waals surface area contributed by atoms with Crippen molar-refractivity contribution < 1.29 is 5.11 Å². The summed E-state index contributed by atoms with van der Waals surface area (Å²) in [5.41, 5.74) is 3.72. The third-order valence-corrected chi connectivity index (χ3v) is 4.10. The van der Waals surface area contributed by atoms with Crippen LogP contribution in [0.1, 0.15) is 11.4 Å². The van der Waals surface area contributed by atoms with Crippen LogP contribution in [0.5, 0.6) is 0 Å². The third kappa shape index (κ3) is 2.77. The molecule has 0 radical (unpaired) electrons. The summed E-state index contributed by atoms with van der Waals surface area (Å²) in [7, 11) is 2.16. The summed E-state index contributed by atoms with van der Waals surface area (Å²) < 4.78 is 1.76. The van der Waals surface area contributed by atoms with Gasteiger partial charge in [0.05, 0.1) is 18.0 Å². The second kappa shape index (κ2) is 5.83. The van der Waals surface area contributed by atoms with Gasteiger partial charge in [0.1, 0.15) is 5.69 Å². The molecule has 0 bridgehead atoms. The van der Waals surface area contributed by atoms with Crippen LogP contribution < -0.4 is 4.90 Å². The van der Waals surface area contributed by atoms with Crippen LogP contribution in [0.4, 0.5) is 5.69 Å². The Hall–Kier alpha value is -1.92. The van der Waals surface area contributed by atoms with E-state index in [4.69, 9.17) is 0 Å². The smallest absolute Gasteiger partial charge is 0.111 e. The van der Waals surface area contributed by atoms with Gasteiger partial charge in [0.2, 0.25) is 0 Å². The van der Waals surface area contributed by atoms with Gasteiger partial charge in [-0.3, -0.25) is 0 Å². The molecule has 0 unspecified atom stereocenters. The first-order valence-electron chi connectivity index (χ1n) is 7.25. The highest BCUT2D eigenvalue weighted by molar-refractivity contribution is 5.51. The molecule has 0 aliphatic carbocycles. The maximum atomic E-state index is 9.19. The van der Waals surface area contributed by atoms with Crippen molar-refractivity contribution in [3.63, 3.8) is 0 Å². The SMILES string of the molecule is Cc1c(CO)nnn1-c1ccc(N2CCN(C)CC2)cc1. The Kier molecular flexibility index (Phi) is 3.90. The maximum Gasteiger partial charge on any atom is 0.111 e. The summed E-state index contributed by atoms with van der Waals surface area (Å²) in [5.74, 6) is 0. The second-order valence-corrected chi connectivity index (χ2v) is 5.50. The number of aliphatic hydroxyl groups is 1. The van der Waals surface area contributed by atoms with Gasteiger partial charge >= 0.3 is 0 Å². The maximum absolute atomic E-state index is 9.19. The van der Waals surface area contributed by atoms with Crippen LogP contribution in [-0.2, 0) is 6.61 Å². The first-order chi connectivity index (χ1) is 10.2. The summed E-state index contributed by atoms with van der Waals surface area (Å²) in [6.07, 6.45) is 0. The molecule has 1 saturated heterocycles. The molecule has 1 aliphatic heterocycles. The first-order valence-corrected chi connectivity index (χ1v) is 7.25. The van der Waals surface area contributed by atoms with Crippen LogP contribution >= 0.6 is 0 Å².